The molecule has 22 heavy (non-hydrogen) atoms. The first-order valence-corrected chi connectivity index (χ1v) is 8.10. The highest BCUT2D eigenvalue weighted by Crippen LogP contribution is 2.31. The molecule has 0 aliphatic carbocycles. The van der Waals surface area contributed by atoms with Gasteiger partial charge in [0.15, 0.2) is 10.8 Å². The number of nitrogens with zero attached hydrogens (tertiary/aromatic N) is 1. The van der Waals surface area contributed by atoms with Gasteiger partial charge in [-0.1, -0.05) is 59.6 Å². The van der Waals surface area contributed by atoms with E-state index in [1.807, 2.05) is 36.4 Å². The van der Waals surface area contributed by atoms with Gasteiger partial charge in [0.25, 0.3) is 0 Å². The molecule has 0 amide bonds. The molecule has 0 N–H and O–H groups in total. The van der Waals surface area contributed by atoms with Crippen LogP contribution in [0.15, 0.2) is 53.9 Å². The summed E-state index contributed by atoms with van der Waals surface area (Å²) >= 11 is 13.1. The minimum atomic E-state index is -0.359. The monoisotopic (exact) mass is 349 g/mol. The topological polar surface area (TPSA) is 12.9 Å². The summed E-state index contributed by atoms with van der Waals surface area (Å²) in [6.45, 7) is 0. The Morgan fingerprint density at radius 2 is 1.82 bits per heavy atom. The molecule has 0 radical (unpaired) electrons. The van der Waals surface area contributed by atoms with Gasteiger partial charge in [-0.15, -0.1) is 11.3 Å². The van der Waals surface area contributed by atoms with Gasteiger partial charge in [-0.25, -0.2) is 9.37 Å². The van der Waals surface area contributed by atoms with Crippen molar-refractivity contribution in [1.29, 1.82) is 0 Å². The van der Waals surface area contributed by atoms with Crippen LogP contribution in [0.3, 0.4) is 0 Å². The van der Waals surface area contributed by atoms with Gasteiger partial charge in [-0.3, -0.25) is 0 Å². The molecule has 0 fully saturated rings. The predicted octanol–water partition coefficient (Wildman–Crippen LogP) is 6.58. The standard InChI is InChI=1S/C17H10Cl2FNS/c18-13-7-6-12(9-14(13)19)16-10-22-17(21-16)15(20)8-11-4-2-1-3-5-11/h1-10H. The molecule has 5 heteroatoms. The smallest absolute Gasteiger partial charge is 0.159 e. The zero-order valence-electron chi connectivity index (χ0n) is 11.3. The third kappa shape index (κ3) is 3.38. The first-order valence-electron chi connectivity index (χ1n) is 6.47. The number of aromatic nitrogens is 1. The maximum atomic E-state index is 14.3. The fourth-order valence-corrected chi connectivity index (χ4v) is 2.96. The van der Waals surface area contributed by atoms with Gasteiger partial charge in [0.05, 0.1) is 15.7 Å². The molecule has 2 aromatic carbocycles. The summed E-state index contributed by atoms with van der Waals surface area (Å²) in [5.41, 5.74) is 2.28. The van der Waals surface area contributed by atoms with Crippen molar-refractivity contribution in [2.45, 2.75) is 0 Å². The molecule has 0 saturated carbocycles. The molecule has 1 heterocycles. The Bertz CT molecular complexity index is 828. The van der Waals surface area contributed by atoms with E-state index in [1.54, 1.807) is 17.5 Å². The van der Waals surface area contributed by atoms with E-state index in [4.69, 9.17) is 23.2 Å². The Balaban J connectivity index is 1.90. The molecular formula is C17H10Cl2FNS. The average molecular weight is 350 g/mol. The fraction of sp³-hybridized carbons (Fsp3) is 0. The summed E-state index contributed by atoms with van der Waals surface area (Å²) in [6, 6.07) is 14.5. The Morgan fingerprint density at radius 1 is 1.05 bits per heavy atom. The maximum absolute atomic E-state index is 14.3. The summed E-state index contributed by atoms with van der Waals surface area (Å²) in [7, 11) is 0. The Morgan fingerprint density at radius 3 is 2.55 bits per heavy atom. The molecule has 0 atom stereocenters. The minimum Gasteiger partial charge on any atom is -0.234 e. The van der Waals surface area contributed by atoms with Crippen molar-refractivity contribution in [2.75, 3.05) is 0 Å². The lowest BCUT2D eigenvalue weighted by molar-refractivity contribution is 0.763. The normalized spacial score (nSPS) is 11.7. The van der Waals surface area contributed by atoms with E-state index in [1.165, 1.54) is 17.4 Å². The van der Waals surface area contributed by atoms with Crippen molar-refractivity contribution in [3.63, 3.8) is 0 Å². The van der Waals surface area contributed by atoms with Gasteiger partial charge in [0.1, 0.15) is 0 Å². The largest absolute Gasteiger partial charge is 0.234 e. The van der Waals surface area contributed by atoms with Gasteiger partial charge < -0.3 is 0 Å². The van der Waals surface area contributed by atoms with E-state index in [2.05, 4.69) is 4.98 Å². The highest BCUT2D eigenvalue weighted by molar-refractivity contribution is 7.11. The van der Waals surface area contributed by atoms with E-state index < -0.39 is 0 Å². The van der Waals surface area contributed by atoms with E-state index >= 15 is 0 Å². The van der Waals surface area contributed by atoms with Gasteiger partial charge in [0.2, 0.25) is 0 Å². The fourth-order valence-electron chi connectivity index (χ4n) is 1.93. The summed E-state index contributed by atoms with van der Waals surface area (Å²) < 4.78 is 14.3. The molecule has 0 unspecified atom stereocenters. The molecule has 3 aromatic rings. The quantitative estimate of drug-likeness (QED) is 0.520. The summed E-state index contributed by atoms with van der Waals surface area (Å²) in [6.07, 6.45) is 1.47. The Hall–Kier alpha value is -1.68. The maximum Gasteiger partial charge on any atom is 0.159 e. The van der Waals surface area contributed by atoms with Crippen LogP contribution in [0.2, 0.25) is 10.0 Å². The second-order valence-corrected chi connectivity index (χ2v) is 6.24. The summed E-state index contributed by atoms with van der Waals surface area (Å²) in [4.78, 5) is 4.32. The lowest BCUT2D eigenvalue weighted by atomic mass is 10.2. The Kier molecular flexibility index (Phi) is 4.57. The first kappa shape index (κ1) is 15.2. The third-order valence-electron chi connectivity index (χ3n) is 3.02. The lowest BCUT2D eigenvalue weighted by Crippen LogP contribution is -1.81. The van der Waals surface area contributed by atoms with Crippen molar-refractivity contribution < 1.29 is 4.39 Å². The number of benzene rings is 2. The molecule has 0 spiro atoms. The Labute approximate surface area is 141 Å². The zero-order valence-corrected chi connectivity index (χ0v) is 13.6. The van der Waals surface area contributed by atoms with Crippen LogP contribution < -0.4 is 0 Å². The van der Waals surface area contributed by atoms with Crippen LogP contribution in [0.1, 0.15) is 10.6 Å². The van der Waals surface area contributed by atoms with Gasteiger partial charge in [-0.05, 0) is 23.8 Å². The molecule has 110 valence electrons. The van der Waals surface area contributed by atoms with Gasteiger partial charge in [0, 0.05) is 10.9 Å². The van der Waals surface area contributed by atoms with Crippen LogP contribution >= 0.6 is 34.5 Å². The summed E-state index contributed by atoms with van der Waals surface area (Å²) in [5, 5.41) is 3.07. The minimum absolute atomic E-state index is 0.338. The zero-order chi connectivity index (χ0) is 15.5. The van der Waals surface area contributed by atoms with E-state index in [-0.39, 0.29) is 5.83 Å². The lowest BCUT2D eigenvalue weighted by Gasteiger charge is -1.99. The highest BCUT2D eigenvalue weighted by atomic mass is 35.5. The van der Waals surface area contributed by atoms with Crippen molar-refractivity contribution in [2.24, 2.45) is 0 Å². The van der Waals surface area contributed by atoms with Gasteiger partial charge >= 0.3 is 0 Å². The van der Waals surface area contributed by atoms with Crippen LogP contribution in [-0.2, 0) is 0 Å². The van der Waals surface area contributed by atoms with E-state index in [9.17, 15) is 4.39 Å². The molecule has 1 nitrogen and oxygen atoms in total. The highest BCUT2D eigenvalue weighted by Gasteiger charge is 2.10. The van der Waals surface area contributed by atoms with Crippen LogP contribution in [-0.4, -0.2) is 4.98 Å². The molecule has 0 bridgehead atoms. The SMILES string of the molecule is FC(=Cc1ccccc1)c1nc(-c2ccc(Cl)c(Cl)c2)cs1. The second kappa shape index (κ2) is 6.61. The third-order valence-corrected chi connectivity index (χ3v) is 4.61. The molecule has 0 saturated heterocycles. The van der Waals surface area contributed by atoms with Crippen molar-refractivity contribution in [3.05, 3.63) is 74.5 Å². The van der Waals surface area contributed by atoms with Crippen molar-refractivity contribution in [1.82, 2.24) is 4.98 Å². The van der Waals surface area contributed by atoms with Crippen LogP contribution in [0.25, 0.3) is 23.2 Å². The van der Waals surface area contributed by atoms with Crippen molar-refractivity contribution >= 4 is 46.4 Å². The number of thiazole rings is 1. The number of hydrogen-bond donors (Lipinski definition) is 0. The number of halogens is 3. The number of rotatable bonds is 3. The molecule has 1 aromatic heterocycles. The first-order chi connectivity index (χ1) is 10.6. The van der Waals surface area contributed by atoms with E-state index in [0.29, 0.717) is 20.7 Å². The molecule has 0 aliphatic heterocycles. The second-order valence-electron chi connectivity index (χ2n) is 4.57. The number of hydrogen-bond acceptors (Lipinski definition) is 2. The molecule has 0 aliphatic rings. The average Bonchev–Trinajstić information content (AvgIpc) is 3.01. The van der Waals surface area contributed by atoms with Crippen LogP contribution in [0, 0.1) is 0 Å². The van der Waals surface area contributed by atoms with E-state index in [0.717, 1.165) is 11.1 Å². The van der Waals surface area contributed by atoms with Crippen LogP contribution in [0.5, 0.6) is 0 Å². The summed E-state index contributed by atoms with van der Waals surface area (Å²) in [5.74, 6) is -0.359. The molecule has 3 rings (SSSR count). The molecular weight excluding hydrogens is 340 g/mol. The van der Waals surface area contributed by atoms with Crippen LogP contribution in [0.4, 0.5) is 4.39 Å². The van der Waals surface area contributed by atoms with Crippen molar-refractivity contribution in [3.8, 4) is 11.3 Å². The predicted molar refractivity (Wildman–Crippen MR) is 93.0 cm³/mol. The van der Waals surface area contributed by atoms with Gasteiger partial charge in [-0.2, -0.15) is 0 Å².